The third kappa shape index (κ3) is 3.96. The summed E-state index contributed by atoms with van der Waals surface area (Å²) in [6, 6.07) is 24.0. The molecule has 0 spiro atoms. The molecule has 33 heavy (non-hydrogen) atoms. The number of nitrogens with zero attached hydrogens (tertiary/aromatic N) is 3. The number of nitrogens with one attached hydrogen (secondary N) is 1. The van der Waals surface area contributed by atoms with Crippen LogP contribution in [0.4, 0.5) is 5.69 Å². The van der Waals surface area contributed by atoms with E-state index < -0.39 is 0 Å². The molecule has 1 aliphatic rings. The van der Waals surface area contributed by atoms with Crippen molar-refractivity contribution >= 4 is 34.6 Å². The van der Waals surface area contributed by atoms with E-state index in [4.69, 9.17) is 28.6 Å². The third-order valence-corrected chi connectivity index (χ3v) is 6.48. The molecule has 2 aromatic carbocycles. The third-order valence-electron chi connectivity index (χ3n) is 5.87. The maximum Gasteiger partial charge on any atom is 0.174 e. The fourth-order valence-corrected chi connectivity index (χ4v) is 4.98. The van der Waals surface area contributed by atoms with Gasteiger partial charge in [0.05, 0.1) is 23.9 Å². The molecule has 0 bridgehead atoms. The second-order valence-corrected chi connectivity index (χ2v) is 8.75. The summed E-state index contributed by atoms with van der Waals surface area (Å²) in [5, 5.41) is 4.66. The van der Waals surface area contributed by atoms with E-state index in [9.17, 15) is 0 Å². The van der Waals surface area contributed by atoms with Crippen molar-refractivity contribution in [1.82, 2.24) is 14.9 Å². The van der Waals surface area contributed by atoms with E-state index in [1.165, 1.54) is 5.56 Å². The number of anilines is 1. The smallest absolute Gasteiger partial charge is 0.174 e. The van der Waals surface area contributed by atoms with Crippen LogP contribution in [0, 0.1) is 6.92 Å². The number of hydrogen-bond donors (Lipinski definition) is 1. The van der Waals surface area contributed by atoms with E-state index in [0.29, 0.717) is 15.9 Å². The van der Waals surface area contributed by atoms with Crippen molar-refractivity contribution in [3.8, 4) is 11.4 Å². The lowest BCUT2D eigenvalue weighted by Gasteiger charge is -2.29. The molecule has 5 nitrogen and oxygen atoms in total. The summed E-state index contributed by atoms with van der Waals surface area (Å²) < 4.78 is 7.56. The number of methoxy groups -OCH3 is 1. The van der Waals surface area contributed by atoms with Crippen molar-refractivity contribution < 1.29 is 4.74 Å². The van der Waals surface area contributed by atoms with Gasteiger partial charge in [0.1, 0.15) is 11.8 Å². The molecule has 0 saturated carbocycles. The molecule has 0 aliphatic carbocycles. The number of halogens is 1. The van der Waals surface area contributed by atoms with Crippen molar-refractivity contribution in [2.45, 2.75) is 19.0 Å². The summed E-state index contributed by atoms with van der Waals surface area (Å²) in [6.45, 7) is 2.10. The highest BCUT2D eigenvalue weighted by Crippen LogP contribution is 2.43. The molecule has 1 N–H and O–H groups in total. The fourth-order valence-electron chi connectivity index (χ4n) is 4.39. The molecule has 2 aromatic heterocycles. The second-order valence-electron chi connectivity index (χ2n) is 7.96. The highest BCUT2D eigenvalue weighted by atomic mass is 35.5. The average molecular weight is 475 g/mol. The Hall–Kier alpha value is -3.35. The van der Waals surface area contributed by atoms with Gasteiger partial charge in [-0.15, -0.1) is 0 Å². The van der Waals surface area contributed by atoms with Gasteiger partial charge in [-0.1, -0.05) is 29.8 Å². The van der Waals surface area contributed by atoms with E-state index in [-0.39, 0.29) is 12.1 Å². The monoisotopic (exact) mass is 474 g/mol. The highest BCUT2D eigenvalue weighted by molar-refractivity contribution is 7.80. The molecule has 5 rings (SSSR count). The molecule has 0 unspecified atom stereocenters. The summed E-state index contributed by atoms with van der Waals surface area (Å²) in [6.07, 6.45) is 3.89. The molecule has 0 amide bonds. The minimum Gasteiger partial charge on any atom is -0.495 e. The summed E-state index contributed by atoms with van der Waals surface area (Å²) in [4.78, 5) is 6.75. The molecule has 3 heterocycles. The number of aromatic nitrogens is 2. The van der Waals surface area contributed by atoms with Crippen LogP contribution in [0.1, 0.15) is 29.0 Å². The Bertz CT molecular complexity index is 1310. The van der Waals surface area contributed by atoms with E-state index >= 15 is 0 Å². The van der Waals surface area contributed by atoms with Crippen LogP contribution < -0.4 is 15.0 Å². The molecule has 0 radical (unpaired) electrons. The number of rotatable bonds is 5. The topological polar surface area (TPSA) is 42.3 Å². The number of pyridine rings is 1. The van der Waals surface area contributed by atoms with Crippen LogP contribution in [0.25, 0.3) is 5.69 Å². The lowest BCUT2D eigenvalue weighted by molar-refractivity contribution is 0.415. The number of ether oxygens (including phenoxy) is 1. The highest BCUT2D eigenvalue weighted by Gasteiger charge is 2.42. The van der Waals surface area contributed by atoms with Crippen LogP contribution in [0.2, 0.25) is 5.02 Å². The van der Waals surface area contributed by atoms with Gasteiger partial charge >= 0.3 is 0 Å². The van der Waals surface area contributed by atoms with E-state index in [2.05, 4.69) is 69.3 Å². The summed E-state index contributed by atoms with van der Waals surface area (Å²) in [7, 11) is 1.61. The number of hydrogen-bond acceptors (Lipinski definition) is 3. The lowest BCUT2D eigenvalue weighted by Crippen LogP contribution is -2.30. The largest absolute Gasteiger partial charge is 0.495 e. The number of thiocarbonyl (C=S) groups is 1. The zero-order chi connectivity index (χ0) is 22.9. The van der Waals surface area contributed by atoms with E-state index in [1.807, 2.05) is 42.6 Å². The van der Waals surface area contributed by atoms with Crippen molar-refractivity contribution in [2.75, 3.05) is 12.0 Å². The Morgan fingerprint density at radius 3 is 2.61 bits per heavy atom. The molecule has 2 atom stereocenters. The van der Waals surface area contributed by atoms with Gasteiger partial charge < -0.3 is 19.5 Å². The molecular formula is C26H23ClN4OS. The Morgan fingerprint density at radius 1 is 1.00 bits per heavy atom. The number of aryl methyl sites for hydroxylation is 1. The van der Waals surface area contributed by atoms with E-state index in [1.54, 1.807) is 7.11 Å². The molecule has 4 aromatic rings. The van der Waals surface area contributed by atoms with Crippen LogP contribution in [-0.2, 0) is 0 Å². The molecule has 1 aliphatic heterocycles. The summed E-state index contributed by atoms with van der Waals surface area (Å²) in [5.41, 5.74) is 5.20. The molecule has 1 saturated heterocycles. The van der Waals surface area contributed by atoms with Crippen molar-refractivity contribution in [2.24, 2.45) is 0 Å². The standard InChI is InChI=1S/C26H23ClN4OS/c1-17-7-5-8-18(15-17)30-14-6-10-22(30)25-24(21-9-3-4-13-28-21)29-26(33)31(25)19-11-12-23(32-2)20(27)16-19/h3-16,24-25H,1-2H3,(H,29,33)/t24-,25+/m0/s1. The minimum atomic E-state index is -0.146. The van der Waals surface area contributed by atoms with Crippen molar-refractivity contribution in [3.63, 3.8) is 0 Å². The van der Waals surface area contributed by atoms with Crippen LogP contribution in [-0.4, -0.2) is 21.8 Å². The van der Waals surface area contributed by atoms with Gasteiger partial charge in [-0.3, -0.25) is 4.98 Å². The zero-order valence-electron chi connectivity index (χ0n) is 18.3. The Kier molecular flexibility index (Phi) is 5.79. The first kappa shape index (κ1) is 21.5. The van der Waals surface area contributed by atoms with Crippen molar-refractivity contribution in [3.05, 3.63) is 107 Å². The van der Waals surface area contributed by atoms with Crippen molar-refractivity contribution in [1.29, 1.82) is 0 Å². The van der Waals surface area contributed by atoms with Gasteiger partial charge in [0.15, 0.2) is 5.11 Å². The quantitative estimate of drug-likeness (QED) is 0.358. The molecule has 7 heteroatoms. The van der Waals surface area contributed by atoms with Gasteiger partial charge in [-0.2, -0.15) is 0 Å². The zero-order valence-corrected chi connectivity index (χ0v) is 19.8. The van der Waals surface area contributed by atoms with Crippen LogP contribution in [0.5, 0.6) is 5.75 Å². The Morgan fingerprint density at radius 2 is 1.88 bits per heavy atom. The van der Waals surface area contributed by atoms with Crippen LogP contribution >= 0.6 is 23.8 Å². The van der Waals surface area contributed by atoms with Crippen LogP contribution in [0.15, 0.2) is 85.2 Å². The van der Waals surface area contributed by atoms with Gasteiger partial charge in [-0.05, 0) is 79.3 Å². The maximum absolute atomic E-state index is 6.49. The average Bonchev–Trinajstić information content (AvgIpc) is 3.44. The second kappa shape index (κ2) is 8.89. The Balaban J connectivity index is 1.67. The van der Waals surface area contributed by atoms with Gasteiger partial charge in [0.25, 0.3) is 0 Å². The van der Waals surface area contributed by atoms with Gasteiger partial charge in [0, 0.05) is 29.5 Å². The number of benzene rings is 2. The predicted molar refractivity (Wildman–Crippen MR) is 136 cm³/mol. The first-order chi connectivity index (χ1) is 16.1. The first-order valence-electron chi connectivity index (χ1n) is 10.7. The SMILES string of the molecule is COc1ccc(N2C(=S)N[C@@H](c3ccccn3)[C@H]2c2cccn2-c2cccc(C)c2)cc1Cl. The molecule has 166 valence electrons. The van der Waals surface area contributed by atoms with Gasteiger partial charge in [-0.25, -0.2) is 0 Å². The summed E-state index contributed by atoms with van der Waals surface area (Å²) in [5.74, 6) is 0.624. The van der Waals surface area contributed by atoms with Gasteiger partial charge in [0.2, 0.25) is 0 Å². The molecular weight excluding hydrogens is 452 g/mol. The lowest BCUT2D eigenvalue weighted by atomic mass is 10.0. The fraction of sp³-hybridized carbons (Fsp3) is 0.154. The van der Waals surface area contributed by atoms with E-state index in [0.717, 1.165) is 22.8 Å². The minimum absolute atomic E-state index is 0.141. The summed E-state index contributed by atoms with van der Waals surface area (Å²) >= 11 is 12.3. The molecule has 1 fully saturated rings. The Labute approximate surface area is 203 Å². The normalized spacial score (nSPS) is 17.8. The maximum atomic E-state index is 6.49. The first-order valence-corrected chi connectivity index (χ1v) is 11.4. The predicted octanol–water partition coefficient (Wildman–Crippen LogP) is 6.02. The van der Waals surface area contributed by atoms with Crippen LogP contribution in [0.3, 0.4) is 0 Å².